The second kappa shape index (κ2) is 6.53. The SMILES string of the molecule is CCNC1CCCN(C(=O)C2CCOC2CC)C1. The zero-order valence-corrected chi connectivity index (χ0v) is 11.7. The van der Waals surface area contributed by atoms with E-state index in [1.54, 1.807) is 0 Å². The fraction of sp³-hybridized carbons (Fsp3) is 0.929. The summed E-state index contributed by atoms with van der Waals surface area (Å²) in [5, 5.41) is 3.46. The lowest BCUT2D eigenvalue weighted by Crippen LogP contribution is -2.50. The third-order valence-corrected chi connectivity index (χ3v) is 4.15. The molecule has 104 valence electrons. The number of ether oxygens (including phenoxy) is 1. The summed E-state index contributed by atoms with van der Waals surface area (Å²) in [4.78, 5) is 14.6. The van der Waals surface area contributed by atoms with Gasteiger partial charge < -0.3 is 15.0 Å². The molecule has 3 atom stereocenters. The normalized spacial score (nSPS) is 32.8. The molecule has 18 heavy (non-hydrogen) atoms. The lowest BCUT2D eigenvalue weighted by molar-refractivity contribution is -0.138. The molecule has 2 fully saturated rings. The molecule has 0 spiro atoms. The van der Waals surface area contributed by atoms with E-state index in [0.717, 1.165) is 45.5 Å². The summed E-state index contributed by atoms with van der Waals surface area (Å²) in [7, 11) is 0. The monoisotopic (exact) mass is 254 g/mol. The van der Waals surface area contributed by atoms with Crippen LogP contribution in [0.25, 0.3) is 0 Å². The van der Waals surface area contributed by atoms with Crippen molar-refractivity contribution in [3.05, 3.63) is 0 Å². The average molecular weight is 254 g/mol. The molecule has 2 saturated heterocycles. The van der Waals surface area contributed by atoms with Crippen LogP contribution in [0.1, 0.15) is 39.5 Å². The highest BCUT2D eigenvalue weighted by molar-refractivity contribution is 5.79. The van der Waals surface area contributed by atoms with Crippen molar-refractivity contribution < 1.29 is 9.53 Å². The number of nitrogens with one attached hydrogen (secondary N) is 1. The Kier molecular flexibility index (Phi) is 5.01. The van der Waals surface area contributed by atoms with Gasteiger partial charge in [-0.15, -0.1) is 0 Å². The lowest BCUT2D eigenvalue weighted by atomic mass is 9.96. The second-order valence-electron chi connectivity index (χ2n) is 5.39. The fourth-order valence-corrected chi connectivity index (χ4v) is 3.20. The van der Waals surface area contributed by atoms with Gasteiger partial charge in [0.15, 0.2) is 0 Å². The van der Waals surface area contributed by atoms with E-state index in [1.807, 2.05) is 0 Å². The Morgan fingerprint density at radius 2 is 2.22 bits per heavy atom. The summed E-state index contributed by atoms with van der Waals surface area (Å²) in [6.07, 6.45) is 4.31. The second-order valence-corrected chi connectivity index (χ2v) is 5.39. The van der Waals surface area contributed by atoms with Crippen molar-refractivity contribution in [3.8, 4) is 0 Å². The van der Waals surface area contributed by atoms with Crippen molar-refractivity contribution in [3.63, 3.8) is 0 Å². The number of carbonyl (C=O) groups excluding carboxylic acids is 1. The molecule has 0 aromatic heterocycles. The molecule has 2 aliphatic heterocycles. The first-order valence-electron chi connectivity index (χ1n) is 7.40. The summed E-state index contributed by atoms with van der Waals surface area (Å²) < 4.78 is 5.64. The van der Waals surface area contributed by atoms with Gasteiger partial charge in [0, 0.05) is 25.7 Å². The van der Waals surface area contributed by atoms with E-state index in [1.165, 1.54) is 6.42 Å². The highest BCUT2D eigenvalue weighted by atomic mass is 16.5. The minimum Gasteiger partial charge on any atom is -0.377 e. The molecule has 3 unspecified atom stereocenters. The molecule has 1 N–H and O–H groups in total. The number of amides is 1. The number of rotatable bonds is 4. The zero-order valence-electron chi connectivity index (χ0n) is 11.7. The Morgan fingerprint density at radius 3 is 2.94 bits per heavy atom. The zero-order chi connectivity index (χ0) is 13.0. The number of likely N-dealkylation sites (N-methyl/N-ethyl adjacent to an activating group) is 1. The van der Waals surface area contributed by atoms with E-state index in [-0.39, 0.29) is 12.0 Å². The van der Waals surface area contributed by atoms with E-state index >= 15 is 0 Å². The number of likely N-dealkylation sites (tertiary alicyclic amines) is 1. The van der Waals surface area contributed by atoms with Gasteiger partial charge in [-0.2, -0.15) is 0 Å². The first-order chi connectivity index (χ1) is 8.76. The van der Waals surface area contributed by atoms with Gasteiger partial charge in [-0.1, -0.05) is 13.8 Å². The highest BCUT2D eigenvalue weighted by Crippen LogP contribution is 2.26. The number of hydrogen-bond acceptors (Lipinski definition) is 3. The summed E-state index contributed by atoms with van der Waals surface area (Å²) in [6, 6.07) is 0.482. The van der Waals surface area contributed by atoms with Crippen molar-refractivity contribution in [1.82, 2.24) is 10.2 Å². The highest BCUT2D eigenvalue weighted by Gasteiger charge is 2.36. The predicted molar refractivity (Wildman–Crippen MR) is 71.4 cm³/mol. The van der Waals surface area contributed by atoms with Gasteiger partial charge in [0.05, 0.1) is 12.0 Å². The van der Waals surface area contributed by atoms with E-state index in [4.69, 9.17) is 4.74 Å². The van der Waals surface area contributed by atoms with Gasteiger partial charge in [0.25, 0.3) is 0 Å². The summed E-state index contributed by atoms with van der Waals surface area (Å²) in [6.45, 7) is 7.76. The van der Waals surface area contributed by atoms with Crippen LogP contribution in [0, 0.1) is 5.92 Å². The molecule has 4 nitrogen and oxygen atoms in total. The van der Waals surface area contributed by atoms with Gasteiger partial charge in [-0.05, 0) is 32.2 Å². The largest absolute Gasteiger partial charge is 0.377 e. The van der Waals surface area contributed by atoms with Gasteiger partial charge >= 0.3 is 0 Å². The van der Waals surface area contributed by atoms with Crippen LogP contribution in [0.3, 0.4) is 0 Å². The number of hydrogen-bond donors (Lipinski definition) is 1. The maximum absolute atomic E-state index is 12.5. The van der Waals surface area contributed by atoms with E-state index in [0.29, 0.717) is 11.9 Å². The number of piperidine rings is 1. The van der Waals surface area contributed by atoms with Crippen molar-refractivity contribution in [2.24, 2.45) is 5.92 Å². The molecule has 0 bridgehead atoms. The van der Waals surface area contributed by atoms with Crippen LogP contribution < -0.4 is 5.32 Å². The van der Waals surface area contributed by atoms with Gasteiger partial charge in [0.2, 0.25) is 5.91 Å². The van der Waals surface area contributed by atoms with Crippen LogP contribution in [-0.4, -0.2) is 49.2 Å². The first kappa shape index (κ1) is 13.8. The number of carbonyl (C=O) groups is 1. The van der Waals surface area contributed by atoms with Gasteiger partial charge in [-0.25, -0.2) is 0 Å². The molecule has 0 radical (unpaired) electrons. The Hall–Kier alpha value is -0.610. The molecule has 4 heteroatoms. The fourth-order valence-electron chi connectivity index (χ4n) is 3.20. The molecule has 0 saturated carbocycles. The maximum Gasteiger partial charge on any atom is 0.228 e. The smallest absolute Gasteiger partial charge is 0.228 e. The predicted octanol–water partition coefficient (Wildman–Crippen LogP) is 1.40. The Bertz CT molecular complexity index is 281. The van der Waals surface area contributed by atoms with E-state index in [2.05, 4.69) is 24.1 Å². The van der Waals surface area contributed by atoms with Crippen LogP contribution >= 0.6 is 0 Å². The van der Waals surface area contributed by atoms with Crippen molar-refractivity contribution in [2.45, 2.75) is 51.7 Å². The standard InChI is InChI=1S/C14H26N2O2/c1-3-13-12(7-9-18-13)14(17)16-8-5-6-11(10-16)15-4-2/h11-13,15H,3-10H2,1-2H3. The van der Waals surface area contributed by atoms with E-state index < -0.39 is 0 Å². The Balaban J connectivity index is 1.91. The Labute approximate surface area is 110 Å². The molecule has 2 heterocycles. The minimum absolute atomic E-state index is 0.107. The summed E-state index contributed by atoms with van der Waals surface area (Å²) in [5.41, 5.74) is 0. The molecule has 0 aromatic carbocycles. The topological polar surface area (TPSA) is 41.6 Å². The van der Waals surface area contributed by atoms with Crippen LogP contribution in [0.15, 0.2) is 0 Å². The van der Waals surface area contributed by atoms with E-state index in [9.17, 15) is 4.79 Å². The molecule has 2 rings (SSSR count). The quantitative estimate of drug-likeness (QED) is 0.824. The minimum atomic E-state index is 0.107. The summed E-state index contributed by atoms with van der Waals surface area (Å²) >= 11 is 0. The van der Waals surface area contributed by atoms with Crippen molar-refractivity contribution in [1.29, 1.82) is 0 Å². The van der Waals surface area contributed by atoms with Crippen molar-refractivity contribution >= 4 is 5.91 Å². The molecular formula is C14H26N2O2. The molecule has 1 amide bonds. The third-order valence-electron chi connectivity index (χ3n) is 4.15. The van der Waals surface area contributed by atoms with Crippen LogP contribution in [0.2, 0.25) is 0 Å². The van der Waals surface area contributed by atoms with Crippen LogP contribution in [0.4, 0.5) is 0 Å². The molecule has 0 aliphatic carbocycles. The molecular weight excluding hydrogens is 228 g/mol. The lowest BCUT2D eigenvalue weighted by Gasteiger charge is -2.35. The van der Waals surface area contributed by atoms with Crippen LogP contribution in [-0.2, 0) is 9.53 Å². The van der Waals surface area contributed by atoms with Crippen LogP contribution in [0.5, 0.6) is 0 Å². The summed E-state index contributed by atoms with van der Waals surface area (Å²) in [5.74, 6) is 0.428. The van der Waals surface area contributed by atoms with Gasteiger partial charge in [0.1, 0.15) is 0 Å². The molecule has 2 aliphatic rings. The maximum atomic E-state index is 12.5. The first-order valence-corrected chi connectivity index (χ1v) is 7.40. The Morgan fingerprint density at radius 1 is 1.39 bits per heavy atom. The average Bonchev–Trinajstić information content (AvgIpc) is 2.87. The van der Waals surface area contributed by atoms with Crippen molar-refractivity contribution in [2.75, 3.05) is 26.2 Å². The number of nitrogens with zero attached hydrogens (tertiary/aromatic N) is 1. The third kappa shape index (κ3) is 3.04. The van der Waals surface area contributed by atoms with Gasteiger partial charge in [-0.3, -0.25) is 4.79 Å². The molecule has 0 aromatic rings.